The van der Waals surface area contributed by atoms with Crippen LogP contribution in [0.1, 0.15) is 63.0 Å². The van der Waals surface area contributed by atoms with Crippen LogP contribution in [-0.2, 0) is 11.2 Å². The van der Waals surface area contributed by atoms with E-state index >= 15 is 0 Å². The molecule has 0 spiro atoms. The van der Waals surface area contributed by atoms with Crippen LogP contribution in [0.15, 0.2) is 47.6 Å². The molecule has 5 nitrogen and oxygen atoms in total. The zero-order valence-corrected chi connectivity index (χ0v) is 19.3. The number of hydrogen-bond donors (Lipinski definition) is 1. The number of nitrogens with zero attached hydrogens (tertiary/aromatic N) is 1. The summed E-state index contributed by atoms with van der Waals surface area (Å²) >= 11 is 5.86. The number of nitrogens with one attached hydrogen (secondary N) is 1. The van der Waals surface area contributed by atoms with Gasteiger partial charge in [-0.3, -0.25) is 4.79 Å². The van der Waals surface area contributed by atoms with Crippen molar-refractivity contribution in [3.05, 3.63) is 58.6 Å². The van der Waals surface area contributed by atoms with Gasteiger partial charge in [-0.1, -0.05) is 69.2 Å². The molecule has 2 rings (SSSR count). The Balaban J connectivity index is 1.75. The number of unbranched alkanes of at least 4 members (excludes halogenated alkanes) is 6. The first-order valence-corrected chi connectivity index (χ1v) is 11.4. The lowest BCUT2D eigenvalue weighted by molar-refractivity contribution is -0.120. The lowest BCUT2D eigenvalue weighted by Gasteiger charge is -2.11. The molecular weight excluding hydrogens is 412 g/mol. The van der Waals surface area contributed by atoms with Gasteiger partial charge in [-0.15, -0.1) is 0 Å². The van der Waals surface area contributed by atoms with E-state index < -0.39 is 0 Å². The molecule has 31 heavy (non-hydrogen) atoms. The molecule has 0 aromatic heterocycles. The molecule has 0 saturated carbocycles. The highest BCUT2D eigenvalue weighted by atomic mass is 35.5. The maximum Gasteiger partial charge on any atom is 0.244 e. The van der Waals surface area contributed by atoms with Crippen molar-refractivity contribution in [2.45, 2.75) is 58.3 Å². The molecule has 0 bridgehead atoms. The van der Waals surface area contributed by atoms with Gasteiger partial charge in [0.1, 0.15) is 0 Å². The summed E-state index contributed by atoms with van der Waals surface area (Å²) in [6.45, 7) is 2.91. The quantitative estimate of drug-likeness (QED) is 0.215. The van der Waals surface area contributed by atoms with Crippen molar-refractivity contribution in [3.63, 3.8) is 0 Å². The number of benzene rings is 2. The highest BCUT2D eigenvalue weighted by molar-refractivity contribution is 6.30. The Hall–Kier alpha value is -2.53. The fourth-order valence-electron chi connectivity index (χ4n) is 3.13. The summed E-state index contributed by atoms with van der Waals surface area (Å²) in [5, 5.41) is 4.67. The Morgan fingerprint density at radius 1 is 1.00 bits per heavy atom. The third-order valence-corrected chi connectivity index (χ3v) is 5.13. The highest BCUT2D eigenvalue weighted by Gasteiger charge is 2.06. The smallest absolute Gasteiger partial charge is 0.244 e. The van der Waals surface area contributed by atoms with Crippen LogP contribution in [0.4, 0.5) is 0 Å². The van der Waals surface area contributed by atoms with Crippen LogP contribution in [0, 0.1) is 0 Å². The number of amides is 1. The Bertz CT molecular complexity index is 822. The normalized spacial score (nSPS) is 10.9. The Morgan fingerprint density at radius 2 is 1.71 bits per heavy atom. The van der Waals surface area contributed by atoms with E-state index in [1.54, 1.807) is 25.5 Å². The highest BCUT2D eigenvalue weighted by Crippen LogP contribution is 2.27. The number of halogens is 1. The van der Waals surface area contributed by atoms with Gasteiger partial charge in [0.15, 0.2) is 11.5 Å². The molecule has 0 aliphatic heterocycles. The van der Waals surface area contributed by atoms with Crippen molar-refractivity contribution >= 4 is 23.7 Å². The maximum atomic E-state index is 12.0. The van der Waals surface area contributed by atoms with Crippen molar-refractivity contribution in [2.75, 3.05) is 13.7 Å². The number of carbonyl (C=O) groups excluding carboxylic acids is 1. The average molecular weight is 445 g/mol. The van der Waals surface area contributed by atoms with Crippen molar-refractivity contribution in [1.82, 2.24) is 5.43 Å². The van der Waals surface area contributed by atoms with E-state index in [-0.39, 0.29) is 12.3 Å². The fraction of sp³-hybridized carbons (Fsp3) is 0.440. The predicted octanol–water partition coefficient (Wildman–Crippen LogP) is 6.17. The average Bonchev–Trinajstić information content (AvgIpc) is 2.77. The molecule has 0 aliphatic rings. The van der Waals surface area contributed by atoms with Crippen molar-refractivity contribution in [3.8, 4) is 11.5 Å². The molecule has 6 heteroatoms. The molecule has 2 aromatic rings. The molecule has 1 amide bonds. The minimum Gasteiger partial charge on any atom is -0.493 e. The predicted molar refractivity (Wildman–Crippen MR) is 127 cm³/mol. The van der Waals surface area contributed by atoms with Gasteiger partial charge in [-0.25, -0.2) is 5.43 Å². The number of carbonyl (C=O) groups is 1. The van der Waals surface area contributed by atoms with Crippen molar-refractivity contribution in [2.24, 2.45) is 5.10 Å². The molecule has 0 radical (unpaired) electrons. The maximum absolute atomic E-state index is 12.0. The Labute approximate surface area is 190 Å². The second-order valence-electron chi connectivity index (χ2n) is 7.48. The van der Waals surface area contributed by atoms with Crippen molar-refractivity contribution in [1.29, 1.82) is 0 Å². The molecule has 168 valence electrons. The molecule has 0 atom stereocenters. The zero-order valence-electron chi connectivity index (χ0n) is 18.5. The number of methoxy groups -OCH3 is 1. The summed E-state index contributed by atoms with van der Waals surface area (Å²) in [6.07, 6.45) is 10.6. The topological polar surface area (TPSA) is 59.9 Å². The first-order chi connectivity index (χ1) is 15.1. The first kappa shape index (κ1) is 24.7. The van der Waals surface area contributed by atoms with Gasteiger partial charge >= 0.3 is 0 Å². The van der Waals surface area contributed by atoms with Gasteiger partial charge in [0.05, 0.1) is 26.4 Å². The van der Waals surface area contributed by atoms with Gasteiger partial charge in [0.25, 0.3) is 0 Å². The van der Waals surface area contributed by atoms with E-state index in [4.69, 9.17) is 21.1 Å². The standard InChI is InChI=1S/C25H33ClN2O3/c1-3-4-5-6-7-8-9-16-31-23-15-12-21(17-24(23)30-2)19-27-28-25(29)18-20-10-13-22(26)14-11-20/h10-15,17,19H,3-9,16,18H2,1-2H3,(H,28,29)/b27-19-. The molecule has 0 aliphatic carbocycles. The monoisotopic (exact) mass is 444 g/mol. The van der Waals surface area contributed by atoms with Gasteiger partial charge in [-0.05, 0) is 47.9 Å². The summed E-state index contributed by atoms with van der Waals surface area (Å²) < 4.78 is 11.3. The van der Waals surface area contributed by atoms with Crippen LogP contribution in [-0.4, -0.2) is 25.8 Å². The van der Waals surface area contributed by atoms with Gasteiger partial charge in [0.2, 0.25) is 5.91 Å². The third kappa shape index (κ3) is 9.88. The van der Waals surface area contributed by atoms with Crippen LogP contribution in [0.2, 0.25) is 5.02 Å². The lowest BCUT2D eigenvalue weighted by atomic mass is 10.1. The third-order valence-electron chi connectivity index (χ3n) is 4.87. The number of ether oxygens (including phenoxy) is 2. The second kappa shape index (κ2) is 14.5. The number of hydrazone groups is 1. The molecule has 0 saturated heterocycles. The molecule has 2 aromatic carbocycles. The summed E-state index contributed by atoms with van der Waals surface area (Å²) in [4.78, 5) is 12.0. The summed E-state index contributed by atoms with van der Waals surface area (Å²) in [5.74, 6) is 1.18. The largest absolute Gasteiger partial charge is 0.493 e. The number of hydrogen-bond acceptors (Lipinski definition) is 4. The van der Waals surface area contributed by atoms with Crippen LogP contribution < -0.4 is 14.9 Å². The molecule has 0 heterocycles. The second-order valence-corrected chi connectivity index (χ2v) is 7.91. The molecular formula is C25H33ClN2O3. The summed E-state index contributed by atoms with van der Waals surface area (Å²) in [6, 6.07) is 12.8. The van der Waals surface area contributed by atoms with Crippen molar-refractivity contribution < 1.29 is 14.3 Å². The SMILES string of the molecule is CCCCCCCCCOc1ccc(/C=N\NC(=O)Cc2ccc(Cl)cc2)cc1OC. The van der Waals surface area contributed by atoms with E-state index in [9.17, 15) is 4.79 Å². The minimum absolute atomic E-state index is 0.194. The molecule has 0 unspecified atom stereocenters. The van der Waals surface area contributed by atoms with E-state index in [1.807, 2.05) is 30.3 Å². The Morgan fingerprint density at radius 3 is 2.42 bits per heavy atom. The van der Waals surface area contributed by atoms with Gasteiger partial charge < -0.3 is 9.47 Å². The van der Waals surface area contributed by atoms with E-state index in [1.165, 1.54) is 38.5 Å². The van der Waals surface area contributed by atoms with Crippen LogP contribution in [0.5, 0.6) is 11.5 Å². The lowest BCUT2D eigenvalue weighted by Crippen LogP contribution is -2.19. The summed E-state index contributed by atoms with van der Waals surface area (Å²) in [7, 11) is 1.62. The number of rotatable bonds is 14. The van der Waals surface area contributed by atoms with Gasteiger partial charge in [-0.2, -0.15) is 5.10 Å². The molecule has 0 fully saturated rings. The Kier molecular flexibility index (Phi) is 11.5. The minimum atomic E-state index is -0.194. The van der Waals surface area contributed by atoms with E-state index in [2.05, 4.69) is 17.5 Å². The fourth-order valence-corrected chi connectivity index (χ4v) is 3.26. The molecule has 1 N–H and O–H groups in total. The van der Waals surface area contributed by atoms with Crippen LogP contribution in [0.3, 0.4) is 0 Å². The van der Waals surface area contributed by atoms with Crippen LogP contribution >= 0.6 is 11.6 Å². The van der Waals surface area contributed by atoms with E-state index in [0.717, 1.165) is 23.3 Å². The zero-order chi connectivity index (χ0) is 22.3. The van der Waals surface area contributed by atoms with Crippen LogP contribution in [0.25, 0.3) is 0 Å². The van der Waals surface area contributed by atoms with E-state index in [0.29, 0.717) is 17.4 Å². The first-order valence-electron chi connectivity index (χ1n) is 11.0. The van der Waals surface area contributed by atoms with Gasteiger partial charge in [0, 0.05) is 5.02 Å². The summed E-state index contributed by atoms with van der Waals surface area (Å²) in [5.41, 5.74) is 4.23.